The van der Waals surface area contributed by atoms with E-state index in [-0.39, 0.29) is 24.0 Å². The molecule has 0 aromatic carbocycles. The average molecular weight is 520 g/mol. The minimum atomic E-state index is 0. The van der Waals surface area contributed by atoms with Crippen LogP contribution in [0.25, 0.3) is 0 Å². The van der Waals surface area contributed by atoms with Crippen LogP contribution < -0.4 is 10.6 Å². The Hall–Kier alpha value is -1.20. The van der Waals surface area contributed by atoms with Gasteiger partial charge in [0.05, 0.1) is 6.54 Å². The molecule has 0 amide bonds. The lowest BCUT2D eigenvalue weighted by Gasteiger charge is -2.13. The predicted molar refractivity (Wildman–Crippen MR) is 127 cm³/mol. The van der Waals surface area contributed by atoms with Gasteiger partial charge >= 0.3 is 0 Å². The van der Waals surface area contributed by atoms with E-state index >= 15 is 0 Å². The predicted octanol–water partition coefficient (Wildman–Crippen LogP) is 3.46. The summed E-state index contributed by atoms with van der Waals surface area (Å²) in [6.07, 6.45) is 5.94. The van der Waals surface area contributed by atoms with Crippen LogP contribution in [0.5, 0.6) is 0 Å². The normalized spacial score (nSPS) is 11.3. The lowest BCUT2D eigenvalue weighted by atomic mass is 10.4. The van der Waals surface area contributed by atoms with Crippen LogP contribution in [0.3, 0.4) is 0 Å². The van der Waals surface area contributed by atoms with Gasteiger partial charge in [0.25, 0.3) is 0 Å². The van der Waals surface area contributed by atoms with E-state index in [9.17, 15) is 0 Å². The van der Waals surface area contributed by atoms with E-state index in [1.807, 2.05) is 0 Å². The average Bonchev–Trinajstić information content (AvgIpc) is 3.36. The largest absolute Gasteiger partial charge is 0.381 e. The fraction of sp³-hybridized carbons (Fsp3) is 0.632. The maximum atomic E-state index is 5.61. The number of ether oxygens (including phenoxy) is 1. The first-order valence-corrected chi connectivity index (χ1v) is 10.7. The number of unbranched alkanes of at least 4 members (excludes halogenated alkanes) is 1. The Morgan fingerprint density at radius 1 is 1.21 bits per heavy atom. The lowest BCUT2D eigenvalue weighted by molar-refractivity contribution is 0.129. The van der Waals surface area contributed by atoms with Crippen molar-refractivity contribution in [3.05, 3.63) is 34.5 Å². The topological polar surface area (TPSA) is 76.4 Å². The number of thiophene rings is 1. The molecule has 2 N–H and O–H groups in total. The molecule has 0 aliphatic rings. The fourth-order valence-electron chi connectivity index (χ4n) is 2.50. The van der Waals surface area contributed by atoms with Crippen molar-refractivity contribution >= 4 is 41.3 Å². The Labute approximate surface area is 189 Å². The molecule has 28 heavy (non-hydrogen) atoms. The summed E-state index contributed by atoms with van der Waals surface area (Å²) in [5.74, 6) is 1.84. The molecule has 7 nitrogen and oxygen atoms in total. The second-order valence-electron chi connectivity index (χ2n) is 6.21. The van der Waals surface area contributed by atoms with Gasteiger partial charge in [0, 0.05) is 44.1 Å². The van der Waals surface area contributed by atoms with E-state index in [0.29, 0.717) is 6.54 Å². The first-order chi connectivity index (χ1) is 13.3. The van der Waals surface area contributed by atoms with Crippen LogP contribution in [0.15, 0.2) is 28.8 Å². The summed E-state index contributed by atoms with van der Waals surface area (Å²) >= 11 is 1.73. The van der Waals surface area contributed by atoms with Crippen molar-refractivity contribution < 1.29 is 4.74 Å². The Bertz CT molecular complexity index is 647. The molecule has 0 fully saturated rings. The zero-order chi connectivity index (χ0) is 19.2. The molecular weight excluding hydrogens is 487 g/mol. The highest BCUT2D eigenvalue weighted by atomic mass is 127. The highest BCUT2D eigenvalue weighted by molar-refractivity contribution is 14.0. The zero-order valence-electron chi connectivity index (χ0n) is 16.9. The van der Waals surface area contributed by atoms with Gasteiger partial charge in [0.15, 0.2) is 5.96 Å². The number of nitrogens with one attached hydrogen (secondary N) is 2. The molecule has 0 aliphatic heterocycles. The van der Waals surface area contributed by atoms with Gasteiger partial charge in [-0.05, 0) is 24.3 Å². The van der Waals surface area contributed by atoms with E-state index in [1.54, 1.807) is 17.7 Å². The van der Waals surface area contributed by atoms with Crippen LogP contribution in [0.1, 0.15) is 43.8 Å². The van der Waals surface area contributed by atoms with Crippen LogP contribution in [0.2, 0.25) is 0 Å². The van der Waals surface area contributed by atoms with Gasteiger partial charge in [-0.3, -0.25) is 0 Å². The van der Waals surface area contributed by atoms with E-state index in [0.717, 1.165) is 63.9 Å². The van der Waals surface area contributed by atoms with Gasteiger partial charge in [-0.25, -0.2) is 4.99 Å². The Morgan fingerprint density at radius 2 is 2.04 bits per heavy atom. The maximum Gasteiger partial charge on any atom is 0.191 e. The number of aryl methyl sites for hydroxylation is 1. The highest BCUT2D eigenvalue weighted by Crippen LogP contribution is 2.09. The third-order valence-corrected chi connectivity index (χ3v) is 4.89. The number of hydrogen-bond donors (Lipinski definition) is 2. The molecule has 0 radical (unpaired) electrons. The summed E-state index contributed by atoms with van der Waals surface area (Å²) in [6.45, 7) is 9.02. The number of aromatic nitrogens is 3. The van der Waals surface area contributed by atoms with Gasteiger partial charge in [0.2, 0.25) is 0 Å². The Balaban J connectivity index is 0.00000392. The van der Waals surface area contributed by atoms with Crippen molar-refractivity contribution in [1.82, 2.24) is 25.4 Å². The quantitative estimate of drug-likeness (QED) is 0.183. The van der Waals surface area contributed by atoms with Gasteiger partial charge in [-0.1, -0.05) is 26.3 Å². The highest BCUT2D eigenvalue weighted by Gasteiger charge is 2.03. The first kappa shape index (κ1) is 24.8. The molecule has 2 heterocycles. The minimum absolute atomic E-state index is 0. The van der Waals surface area contributed by atoms with Crippen molar-refractivity contribution in [1.29, 1.82) is 0 Å². The maximum absolute atomic E-state index is 5.61. The van der Waals surface area contributed by atoms with E-state index in [4.69, 9.17) is 9.73 Å². The number of aliphatic imine (C=N–C) groups is 1. The summed E-state index contributed by atoms with van der Waals surface area (Å²) in [5, 5.41) is 17.0. The monoisotopic (exact) mass is 520 g/mol. The third kappa shape index (κ3) is 9.83. The molecule has 0 saturated carbocycles. The van der Waals surface area contributed by atoms with Crippen molar-refractivity contribution in [2.75, 3.05) is 26.3 Å². The number of hydrogen-bond acceptors (Lipinski definition) is 5. The third-order valence-electron chi connectivity index (χ3n) is 4.03. The van der Waals surface area contributed by atoms with E-state index in [1.165, 1.54) is 11.3 Å². The summed E-state index contributed by atoms with van der Waals surface area (Å²) < 4.78 is 7.69. The number of rotatable bonds is 13. The molecule has 2 aromatic rings. The summed E-state index contributed by atoms with van der Waals surface area (Å²) in [5.41, 5.74) is 0. The van der Waals surface area contributed by atoms with Gasteiger partial charge in [-0.2, -0.15) is 0 Å². The Kier molecular flexibility index (Phi) is 13.9. The molecule has 0 unspecified atom stereocenters. The number of guanidine groups is 1. The van der Waals surface area contributed by atoms with Crippen molar-refractivity contribution in [2.45, 2.75) is 52.6 Å². The van der Waals surface area contributed by atoms with Gasteiger partial charge < -0.3 is 19.9 Å². The molecule has 9 heteroatoms. The Morgan fingerprint density at radius 3 is 2.79 bits per heavy atom. The van der Waals surface area contributed by atoms with Crippen LogP contribution in [-0.2, 0) is 24.2 Å². The number of halogens is 1. The molecule has 2 aromatic heterocycles. The summed E-state index contributed by atoms with van der Waals surface area (Å²) in [6, 6.07) is 4.17. The molecule has 158 valence electrons. The molecule has 2 rings (SSSR count). The van der Waals surface area contributed by atoms with Crippen LogP contribution in [0, 0.1) is 0 Å². The van der Waals surface area contributed by atoms with Crippen molar-refractivity contribution in [2.24, 2.45) is 4.99 Å². The molecule has 0 bridgehead atoms. The minimum Gasteiger partial charge on any atom is -0.381 e. The smallest absolute Gasteiger partial charge is 0.191 e. The molecule has 0 spiro atoms. The summed E-state index contributed by atoms with van der Waals surface area (Å²) in [7, 11) is 0. The first-order valence-electron chi connectivity index (χ1n) is 9.82. The second-order valence-corrected chi connectivity index (χ2v) is 7.24. The molecule has 0 atom stereocenters. The van der Waals surface area contributed by atoms with Gasteiger partial charge in [-0.15, -0.1) is 45.5 Å². The van der Waals surface area contributed by atoms with Crippen molar-refractivity contribution in [3.8, 4) is 0 Å². The van der Waals surface area contributed by atoms with E-state index in [2.05, 4.69) is 56.8 Å². The lowest BCUT2D eigenvalue weighted by Crippen LogP contribution is -2.39. The van der Waals surface area contributed by atoms with Crippen LogP contribution in [-0.4, -0.2) is 47.0 Å². The van der Waals surface area contributed by atoms with Crippen LogP contribution >= 0.6 is 35.3 Å². The standard InChI is InChI=1S/C19H32N6OS.HI/c1-3-5-12-26-13-7-9-20-19(22-15-17-8-6-14-27-17)21-10-11-25-16-23-24-18(25)4-2;/h6,8,14,16H,3-5,7,9-13,15H2,1-2H3,(H2,20,21,22);1H. The molecule has 0 aliphatic carbocycles. The van der Waals surface area contributed by atoms with E-state index < -0.39 is 0 Å². The van der Waals surface area contributed by atoms with Crippen LogP contribution in [0.4, 0.5) is 0 Å². The van der Waals surface area contributed by atoms with Gasteiger partial charge in [0.1, 0.15) is 12.2 Å². The van der Waals surface area contributed by atoms with Crippen molar-refractivity contribution in [3.63, 3.8) is 0 Å². The fourth-order valence-corrected chi connectivity index (χ4v) is 3.13. The zero-order valence-corrected chi connectivity index (χ0v) is 20.0. The number of nitrogens with zero attached hydrogens (tertiary/aromatic N) is 4. The second kappa shape index (κ2) is 15.7. The summed E-state index contributed by atoms with van der Waals surface area (Å²) in [4.78, 5) is 5.95. The molecular formula is C19H33IN6OS. The molecule has 0 saturated heterocycles. The SMILES string of the molecule is CCCCOCCCNC(=NCc1cccs1)NCCn1cnnc1CC.I.